The van der Waals surface area contributed by atoms with Crippen LogP contribution in [0, 0.1) is 17.6 Å². The first-order chi connectivity index (χ1) is 11.3. The molecular formula is C20H22F4. The van der Waals surface area contributed by atoms with Crippen LogP contribution >= 0.6 is 0 Å². The molecule has 1 aromatic carbocycles. The molecular weight excluding hydrogens is 316 g/mol. The van der Waals surface area contributed by atoms with Gasteiger partial charge in [-0.2, -0.15) is 0 Å². The van der Waals surface area contributed by atoms with Crippen LogP contribution in [0.5, 0.6) is 0 Å². The highest BCUT2D eigenvalue weighted by molar-refractivity contribution is 5.35. The van der Waals surface area contributed by atoms with Gasteiger partial charge in [-0.1, -0.05) is 39.0 Å². The molecule has 24 heavy (non-hydrogen) atoms. The zero-order chi connectivity index (χ0) is 17.9. The topological polar surface area (TPSA) is 0 Å². The molecule has 4 heteroatoms. The second kappa shape index (κ2) is 7.82. The fraction of sp³-hybridized carbons (Fsp3) is 0.400. The molecule has 0 atom stereocenters. The Labute approximate surface area is 140 Å². The Morgan fingerprint density at radius 2 is 1.75 bits per heavy atom. The van der Waals surface area contributed by atoms with Crippen LogP contribution in [-0.4, -0.2) is 0 Å². The van der Waals surface area contributed by atoms with Crippen LogP contribution in [0.3, 0.4) is 0 Å². The van der Waals surface area contributed by atoms with Gasteiger partial charge in [-0.25, -0.2) is 17.6 Å². The van der Waals surface area contributed by atoms with E-state index in [2.05, 4.69) is 20.1 Å². The summed E-state index contributed by atoms with van der Waals surface area (Å²) in [4.78, 5) is 0. The molecule has 0 spiro atoms. The van der Waals surface area contributed by atoms with E-state index in [0.29, 0.717) is 17.0 Å². The third-order valence-electron chi connectivity index (χ3n) is 4.59. The molecule has 1 aliphatic carbocycles. The molecule has 0 nitrogen and oxygen atoms in total. The lowest BCUT2D eigenvalue weighted by atomic mass is 9.79. The van der Waals surface area contributed by atoms with Crippen molar-refractivity contribution < 1.29 is 17.6 Å². The van der Waals surface area contributed by atoms with E-state index in [1.54, 1.807) is 6.07 Å². The third kappa shape index (κ3) is 4.59. The maximum Gasteiger partial charge on any atom is 0.162 e. The van der Waals surface area contributed by atoms with E-state index in [-0.39, 0.29) is 17.9 Å². The first-order valence-electron chi connectivity index (χ1n) is 8.15. The van der Waals surface area contributed by atoms with Gasteiger partial charge in [0.05, 0.1) is 0 Å². The Morgan fingerprint density at radius 3 is 2.33 bits per heavy atom. The Balaban J connectivity index is 2.21. The highest BCUT2D eigenvalue weighted by Gasteiger charge is 2.24. The van der Waals surface area contributed by atoms with Gasteiger partial charge in [0.25, 0.3) is 0 Å². The first kappa shape index (κ1) is 18.5. The average Bonchev–Trinajstić information content (AvgIpc) is 2.51. The number of hydrogen-bond donors (Lipinski definition) is 0. The zero-order valence-electron chi connectivity index (χ0n) is 13.8. The number of rotatable bonds is 5. The molecule has 0 bridgehead atoms. The molecule has 1 saturated carbocycles. The van der Waals surface area contributed by atoms with Gasteiger partial charge in [0.2, 0.25) is 0 Å². The van der Waals surface area contributed by atoms with E-state index < -0.39 is 23.3 Å². The molecule has 1 aliphatic rings. The van der Waals surface area contributed by atoms with Crippen molar-refractivity contribution in [1.82, 2.24) is 0 Å². The Hall–Kier alpha value is -1.84. The van der Waals surface area contributed by atoms with Crippen LogP contribution in [0.15, 0.2) is 48.6 Å². The molecule has 0 N–H and O–H groups in total. The highest BCUT2D eigenvalue weighted by Crippen LogP contribution is 2.37. The fourth-order valence-corrected chi connectivity index (χ4v) is 3.21. The summed E-state index contributed by atoms with van der Waals surface area (Å²) in [7, 11) is 0. The van der Waals surface area contributed by atoms with E-state index in [1.165, 1.54) is 0 Å². The molecule has 0 amide bonds. The number of hydrogen-bond acceptors (Lipinski definition) is 0. The van der Waals surface area contributed by atoms with Crippen molar-refractivity contribution in [3.8, 4) is 0 Å². The van der Waals surface area contributed by atoms with Crippen LogP contribution in [0.1, 0.15) is 49.7 Å². The molecule has 130 valence electrons. The fourth-order valence-electron chi connectivity index (χ4n) is 3.21. The molecule has 0 heterocycles. The maximum atomic E-state index is 14.2. The summed E-state index contributed by atoms with van der Waals surface area (Å²) in [5.74, 6) is -3.39. The number of benzene rings is 1. The van der Waals surface area contributed by atoms with Crippen LogP contribution in [0.25, 0.3) is 0 Å². The normalized spacial score (nSPS) is 21.6. The average molecular weight is 338 g/mol. The summed E-state index contributed by atoms with van der Waals surface area (Å²) in [6.45, 7) is 8.66. The molecule has 0 saturated heterocycles. The van der Waals surface area contributed by atoms with Crippen LogP contribution < -0.4 is 0 Å². The molecule has 0 aromatic heterocycles. The SMILES string of the molecule is C=C(/C=C(/F)C(=C)F)Cc1cc(F)c(F)c(C2CCC(C)CC2)c1. The van der Waals surface area contributed by atoms with Gasteiger partial charge in [-0.3, -0.25) is 0 Å². The molecule has 1 aromatic rings. The third-order valence-corrected chi connectivity index (χ3v) is 4.59. The highest BCUT2D eigenvalue weighted by atomic mass is 19.2. The lowest BCUT2D eigenvalue weighted by molar-refractivity contribution is 0.339. The van der Waals surface area contributed by atoms with Gasteiger partial charge >= 0.3 is 0 Å². The zero-order valence-corrected chi connectivity index (χ0v) is 13.8. The molecule has 2 rings (SSSR count). The van der Waals surface area contributed by atoms with Gasteiger partial charge in [-0.15, -0.1) is 0 Å². The summed E-state index contributed by atoms with van der Waals surface area (Å²) >= 11 is 0. The maximum absolute atomic E-state index is 14.2. The monoisotopic (exact) mass is 338 g/mol. The second-order valence-corrected chi connectivity index (χ2v) is 6.67. The summed E-state index contributed by atoms with van der Waals surface area (Å²) in [5.41, 5.74) is 1.14. The minimum absolute atomic E-state index is 0.00168. The predicted octanol–water partition coefficient (Wildman–Crippen LogP) is 6.69. The van der Waals surface area contributed by atoms with E-state index >= 15 is 0 Å². The van der Waals surface area contributed by atoms with E-state index in [1.807, 2.05) is 0 Å². The standard InChI is InChI=1S/C20H22F4/c1-12-4-6-16(7-5-12)17-10-15(11-19(23)20(17)24)8-13(2)9-18(22)14(3)21/h9-12,16H,2-8H2,1H3/b18-9+. The Morgan fingerprint density at radius 1 is 1.12 bits per heavy atom. The van der Waals surface area contributed by atoms with Gasteiger partial charge in [0.15, 0.2) is 23.3 Å². The predicted molar refractivity (Wildman–Crippen MR) is 89.0 cm³/mol. The van der Waals surface area contributed by atoms with E-state index in [9.17, 15) is 17.6 Å². The summed E-state index contributed by atoms with van der Waals surface area (Å²) < 4.78 is 54.0. The van der Waals surface area contributed by atoms with Crippen molar-refractivity contribution in [2.45, 2.75) is 44.9 Å². The van der Waals surface area contributed by atoms with E-state index in [0.717, 1.165) is 37.8 Å². The van der Waals surface area contributed by atoms with Crippen molar-refractivity contribution in [2.75, 3.05) is 0 Å². The largest absolute Gasteiger partial charge is 0.204 e. The number of halogens is 4. The molecule has 0 aliphatic heterocycles. The lowest BCUT2D eigenvalue weighted by Gasteiger charge is -2.27. The first-order valence-corrected chi connectivity index (χ1v) is 8.15. The van der Waals surface area contributed by atoms with Gasteiger partial charge < -0.3 is 0 Å². The summed E-state index contributed by atoms with van der Waals surface area (Å²) in [6.07, 6.45) is 4.69. The summed E-state index contributed by atoms with van der Waals surface area (Å²) in [5, 5.41) is 0. The van der Waals surface area contributed by atoms with Crippen molar-refractivity contribution >= 4 is 0 Å². The van der Waals surface area contributed by atoms with Crippen molar-refractivity contribution in [3.05, 3.63) is 71.4 Å². The van der Waals surface area contributed by atoms with Gasteiger partial charge in [-0.05, 0) is 59.9 Å². The van der Waals surface area contributed by atoms with Crippen molar-refractivity contribution in [1.29, 1.82) is 0 Å². The summed E-state index contributed by atoms with van der Waals surface area (Å²) in [6, 6.07) is 2.71. The van der Waals surface area contributed by atoms with E-state index in [4.69, 9.17) is 0 Å². The minimum atomic E-state index is -1.18. The van der Waals surface area contributed by atoms with Gasteiger partial charge in [0, 0.05) is 0 Å². The number of allylic oxidation sites excluding steroid dienone is 4. The van der Waals surface area contributed by atoms with Crippen LogP contribution in [0.4, 0.5) is 17.6 Å². The smallest absolute Gasteiger partial charge is 0.162 e. The second-order valence-electron chi connectivity index (χ2n) is 6.67. The minimum Gasteiger partial charge on any atom is -0.204 e. The molecule has 1 fully saturated rings. The van der Waals surface area contributed by atoms with Gasteiger partial charge in [0.1, 0.15) is 0 Å². The van der Waals surface area contributed by atoms with Crippen molar-refractivity contribution in [3.63, 3.8) is 0 Å². The quantitative estimate of drug-likeness (QED) is 0.414. The van der Waals surface area contributed by atoms with Crippen molar-refractivity contribution in [2.24, 2.45) is 5.92 Å². The molecule has 0 radical (unpaired) electrons. The molecule has 0 unspecified atom stereocenters. The Bertz CT molecular complexity index is 664. The Kier molecular flexibility index (Phi) is 6.03. The van der Waals surface area contributed by atoms with Crippen LogP contribution in [-0.2, 0) is 6.42 Å². The van der Waals surface area contributed by atoms with Crippen LogP contribution in [0.2, 0.25) is 0 Å². The lowest BCUT2D eigenvalue weighted by Crippen LogP contribution is -2.13.